The molecule has 1 aliphatic heterocycles. The van der Waals surface area contributed by atoms with E-state index in [1.165, 1.54) is 29.4 Å². The molecule has 0 aromatic carbocycles. The molecule has 1 aromatic rings. The van der Waals surface area contributed by atoms with Gasteiger partial charge in [-0.3, -0.25) is 0 Å². The number of hydrogen-bond donors (Lipinski definition) is 1. The van der Waals surface area contributed by atoms with Crippen molar-refractivity contribution in [2.45, 2.75) is 26.3 Å². The predicted molar refractivity (Wildman–Crippen MR) is 83.0 cm³/mol. The summed E-state index contributed by atoms with van der Waals surface area (Å²) in [6, 6.07) is 0. The van der Waals surface area contributed by atoms with Crippen LogP contribution in [0.5, 0.6) is 0 Å². The third-order valence-corrected chi connectivity index (χ3v) is 4.66. The largest absolute Gasteiger partial charge is 0.348 e. The van der Waals surface area contributed by atoms with E-state index in [1.807, 2.05) is 17.5 Å². The smallest absolute Gasteiger partial charge is 0.185 e. The highest BCUT2D eigenvalue weighted by atomic mass is 32.1. The van der Waals surface area contributed by atoms with Crippen molar-refractivity contribution in [1.29, 1.82) is 0 Å². The van der Waals surface area contributed by atoms with Gasteiger partial charge < -0.3 is 15.1 Å². The van der Waals surface area contributed by atoms with E-state index in [4.69, 9.17) is 0 Å². The van der Waals surface area contributed by atoms with Gasteiger partial charge in [-0.15, -0.1) is 11.3 Å². The molecule has 0 aliphatic carbocycles. The Morgan fingerprint density at radius 1 is 1.42 bits per heavy atom. The molecule has 2 heterocycles. The van der Waals surface area contributed by atoms with Gasteiger partial charge in [-0.25, -0.2) is 4.98 Å². The van der Waals surface area contributed by atoms with E-state index >= 15 is 0 Å². The van der Waals surface area contributed by atoms with E-state index in [-0.39, 0.29) is 0 Å². The highest BCUT2D eigenvalue weighted by Crippen LogP contribution is 2.27. The minimum Gasteiger partial charge on any atom is -0.348 e. The first-order valence-electron chi connectivity index (χ1n) is 7.24. The molecule has 1 fully saturated rings. The standard InChI is InChI=1S/C14H26N4S/c1-4-15-9-13-10-16-14(19-13)18-7-5-12(6-8-18)11-17(2)3/h10,12,15H,4-9,11H2,1-3H3. The molecule has 1 aromatic heterocycles. The van der Waals surface area contributed by atoms with Crippen LogP contribution in [0.15, 0.2) is 6.20 Å². The van der Waals surface area contributed by atoms with E-state index in [0.29, 0.717) is 0 Å². The molecule has 19 heavy (non-hydrogen) atoms. The third kappa shape index (κ3) is 4.44. The second-order valence-electron chi connectivity index (χ2n) is 5.58. The van der Waals surface area contributed by atoms with Gasteiger partial charge in [-0.2, -0.15) is 0 Å². The maximum atomic E-state index is 4.57. The van der Waals surface area contributed by atoms with Crippen LogP contribution < -0.4 is 10.2 Å². The first kappa shape index (κ1) is 14.8. The average Bonchev–Trinajstić information content (AvgIpc) is 2.85. The number of anilines is 1. The van der Waals surface area contributed by atoms with Crippen LogP contribution >= 0.6 is 11.3 Å². The van der Waals surface area contributed by atoms with Gasteiger partial charge in [-0.05, 0) is 39.4 Å². The van der Waals surface area contributed by atoms with Gasteiger partial charge in [0.25, 0.3) is 0 Å². The molecule has 4 nitrogen and oxygen atoms in total. The SMILES string of the molecule is CCNCc1cnc(N2CCC(CN(C)C)CC2)s1. The second kappa shape index (κ2) is 7.22. The van der Waals surface area contributed by atoms with Crippen LogP contribution in [0, 0.1) is 5.92 Å². The number of thiazole rings is 1. The fourth-order valence-electron chi connectivity index (χ4n) is 2.60. The van der Waals surface area contributed by atoms with Crippen molar-refractivity contribution in [2.24, 2.45) is 5.92 Å². The van der Waals surface area contributed by atoms with Crippen molar-refractivity contribution in [1.82, 2.24) is 15.2 Å². The monoisotopic (exact) mass is 282 g/mol. The summed E-state index contributed by atoms with van der Waals surface area (Å²) in [5.41, 5.74) is 0. The summed E-state index contributed by atoms with van der Waals surface area (Å²) >= 11 is 1.84. The minimum atomic E-state index is 0.854. The number of hydrogen-bond acceptors (Lipinski definition) is 5. The number of rotatable bonds is 6. The molecule has 108 valence electrons. The zero-order valence-corrected chi connectivity index (χ0v) is 13.2. The topological polar surface area (TPSA) is 31.4 Å². The van der Waals surface area contributed by atoms with E-state index in [2.05, 4.69) is 41.1 Å². The highest BCUT2D eigenvalue weighted by molar-refractivity contribution is 7.15. The zero-order valence-electron chi connectivity index (χ0n) is 12.4. The van der Waals surface area contributed by atoms with Crippen LogP contribution in [0.4, 0.5) is 5.13 Å². The molecule has 0 bridgehead atoms. The Hall–Kier alpha value is -0.650. The molecule has 0 radical (unpaired) electrons. The van der Waals surface area contributed by atoms with E-state index in [1.54, 1.807) is 0 Å². The maximum Gasteiger partial charge on any atom is 0.185 e. The molecule has 0 atom stereocenters. The molecule has 0 spiro atoms. The quantitative estimate of drug-likeness (QED) is 0.865. The zero-order chi connectivity index (χ0) is 13.7. The van der Waals surface area contributed by atoms with E-state index < -0.39 is 0 Å². The summed E-state index contributed by atoms with van der Waals surface area (Å²) in [7, 11) is 4.33. The Bertz CT molecular complexity index is 369. The van der Waals surface area contributed by atoms with Crippen LogP contribution in [-0.2, 0) is 6.54 Å². The number of aromatic nitrogens is 1. The van der Waals surface area contributed by atoms with Gasteiger partial charge in [0.1, 0.15) is 0 Å². The Morgan fingerprint density at radius 3 is 2.79 bits per heavy atom. The predicted octanol–water partition coefficient (Wildman–Crippen LogP) is 2.03. The third-order valence-electron chi connectivity index (χ3n) is 3.60. The lowest BCUT2D eigenvalue weighted by molar-refractivity contribution is 0.285. The van der Waals surface area contributed by atoms with Crippen molar-refractivity contribution >= 4 is 16.5 Å². The Morgan fingerprint density at radius 2 is 2.16 bits per heavy atom. The van der Waals surface area contributed by atoms with Gasteiger partial charge >= 0.3 is 0 Å². The molecule has 0 amide bonds. The fraction of sp³-hybridized carbons (Fsp3) is 0.786. The lowest BCUT2D eigenvalue weighted by atomic mass is 9.97. The van der Waals surface area contributed by atoms with Crippen LogP contribution in [-0.4, -0.2) is 50.2 Å². The van der Waals surface area contributed by atoms with Crippen molar-refractivity contribution in [3.05, 3.63) is 11.1 Å². The first-order chi connectivity index (χ1) is 9.19. The van der Waals surface area contributed by atoms with Crippen molar-refractivity contribution in [3.8, 4) is 0 Å². The number of nitrogens with zero attached hydrogens (tertiary/aromatic N) is 3. The van der Waals surface area contributed by atoms with Crippen molar-refractivity contribution < 1.29 is 0 Å². The van der Waals surface area contributed by atoms with Crippen molar-refractivity contribution in [2.75, 3.05) is 45.2 Å². The molecular weight excluding hydrogens is 256 g/mol. The molecule has 1 N–H and O–H groups in total. The Labute approximate surface area is 120 Å². The van der Waals surface area contributed by atoms with Gasteiger partial charge in [0.05, 0.1) is 0 Å². The Kier molecular flexibility index (Phi) is 5.60. The summed E-state index contributed by atoms with van der Waals surface area (Å²) in [6.45, 7) is 7.64. The summed E-state index contributed by atoms with van der Waals surface area (Å²) in [5, 5.41) is 4.56. The maximum absolute atomic E-state index is 4.57. The van der Waals surface area contributed by atoms with E-state index in [9.17, 15) is 0 Å². The molecule has 0 unspecified atom stereocenters. The van der Waals surface area contributed by atoms with Crippen LogP contribution in [0.1, 0.15) is 24.6 Å². The first-order valence-corrected chi connectivity index (χ1v) is 8.05. The lowest BCUT2D eigenvalue weighted by Gasteiger charge is -2.32. The molecular formula is C14H26N4S. The van der Waals surface area contributed by atoms with Crippen LogP contribution in [0.25, 0.3) is 0 Å². The summed E-state index contributed by atoms with van der Waals surface area (Å²) in [6.07, 6.45) is 4.61. The summed E-state index contributed by atoms with van der Waals surface area (Å²) in [4.78, 5) is 10.7. The van der Waals surface area contributed by atoms with Crippen LogP contribution in [0.2, 0.25) is 0 Å². The summed E-state index contributed by atoms with van der Waals surface area (Å²) in [5.74, 6) is 0.854. The summed E-state index contributed by atoms with van der Waals surface area (Å²) < 4.78 is 0. The molecule has 2 rings (SSSR count). The minimum absolute atomic E-state index is 0.854. The average molecular weight is 282 g/mol. The number of piperidine rings is 1. The van der Waals surface area contributed by atoms with Gasteiger partial charge in [0, 0.05) is 37.3 Å². The number of nitrogens with one attached hydrogen (secondary N) is 1. The van der Waals surface area contributed by atoms with Gasteiger partial charge in [0.2, 0.25) is 0 Å². The molecule has 1 saturated heterocycles. The molecule has 5 heteroatoms. The molecule has 1 aliphatic rings. The normalized spacial score (nSPS) is 17.4. The van der Waals surface area contributed by atoms with Crippen LogP contribution in [0.3, 0.4) is 0 Å². The molecule has 0 saturated carbocycles. The van der Waals surface area contributed by atoms with Gasteiger partial charge in [-0.1, -0.05) is 6.92 Å². The lowest BCUT2D eigenvalue weighted by Crippen LogP contribution is -2.37. The van der Waals surface area contributed by atoms with Crippen molar-refractivity contribution in [3.63, 3.8) is 0 Å². The Balaban J connectivity index is 1.82. The second-order valence-corrected chi connectivity index (χ2v) is 6.68. The van der Waals surface area contributed by atoms with E-state index in [0.717, 1.165) is 32.1 Å². The fourth-order valence-corrected chi connectivity index (χ4v) is 3.53. The van der Waals surface area contributed by atoms with Gasteiger partial charge in [0.15, 0.2) is 5.13 Å². The highest BCUT2D eigenvalue weighted by Gasteiger charge is 2.21.